The highest BCUT2D eigenvalue weighted by Crippen LogP contribution is 2.38. The van der Waals surface area contributed by atoms with Crippen LogP contribution in [0.3, 0.4) is 0 Å². The Kier molecular flexibility index (Phi) is 9.75. The van der Waals surface area contributed by atoms with E-state index in [2.05, 4.69) is 36.6 Å². The molecule has 46 heavy (non-hydrogen) atoms. The van der Waals surface area contributed by atoms with Gasteiger partial charge in [0.1, 0.15) is 5.75 Å². The Labute approximate surface area is 271 Å². The molecule has 0 atom stereocenters. The fourth-order valence-electron chi connectivity index (χ4n) is 6.47. The van der Waals surface area contributed by atoms with Crippen molar-refractivity contribution in [2.45, 2.75) is 68.2 Å². The number of aromatic nitrogens is 1. The molecule has 2 N–H and O–H groups in total. The van der Waals surface area contributed by atoms with E-state index in [0.717, 1.165) is 27.5 Å². The first-order valence-corrected chi connectivity index (χ1v) is 15.7. The van der Waals surface area contributed by atoms with Gasteiger partial charge in [0.05, 0.1) is 27.1 Å². The van der Waals surface area contributed by atoms with Gasteiger partial charge >= 0.3 is 5.97 Å². The average molecular weight is 627 g/mol. The number of non-ortho nitro benzene ring substituents is 1. The van der Waals surface area contributed by atoms with E-state index >= 15 is 0 Å². The van der Waals surface area contributed by atoms with Gasteiger partial charge in [0.25, 0.3) is 5.69 Å². The van der Waals surface area contributed by atoms with Crippen LogP contribution in [0.5, 0.6) is 5.75 Å². The van der Waals surface area contributed by atoms with E-state index in [1.165, 1.54) is 24.3 Å². The summed E-state index contributed by atoms with van der Waals surface area (Å²) < 4.78 is 5.54. The number of nitrogens with one attached hydrogen (secondary N) is 2. The second-order valence-corrected chi connectivity index (χ2v) is 15.1. The Morgan fingerprint density at radius 2 is 1.24 bits per heavy atom. The van der Waals surface area contributed by atoms with Crippen molar-refractivity contribution in [1.29, 1.82) is 0 Å². The fourth-order valence-corrected chi connectivity index (χ4v) is 6.47. The second-order valence-electron chi connectivity index (χ2n) is 15.1. The number of ether oxygens (including phenoxy) is 1. The van der Waals surface area contributed by atoms with Gasteiger partial charge in [0.15, 0.2) is 0 Å². The highest BCUT2D eigenvalue weighted by atomic mass is 16.6. The summed E-state index contributed by atoms with van der Waals surface area (Å²) in [5.74, 6) is -0.233. The molecule has 9 nitrogen and oxygen atoms in total. The molecule has 0 unspecified atom stereocenters. The average Bonchev–Trinajstić information content (AvgIpc) is 2.97. The number of para-hydroxylation sites is 2. The molecule has 1 amide bonds. The van der Waals surface area contributed by atoms with Gasteiger partial charge in [0.2, 0.25) is 5.91 Å². The highest BCUT2D eigenvalue weighted by molar-refractivity contribution is 6.07. The Balaban J connectivity index is 1.35. The molecule has 0 fully saturated rings. The third kappa shape index (κ3) is 8.38. The van der Waals surface area contributed by atoms with Crippen LogP contribution in [-0.2, 0) is 9.59 Å². The van der Waals surface area contributed by atoms with E-state index in [1.807, 2.05) is 64.1 Å². The molecule has 0 spiro atoms. The Morgan fingerprint density at radius 3 is 1.78 bits per heavy atom. The van der Waals surface area contributed by atoms with Crippen molar-refractivity contribution in [3.8, 4) is 5.75 Å². The molecule has 4 rings (SSSR count). The van der Waals surface area contributed by atoms with Crippen molar-refractivity contribution in [3.63, 3.8) is 0 Å². The number of nitrogens with zero attached hydrogens (tertiary/aromatic N) is 2. The molecule has 0 saturated heterocycles. The lowest BCUT2D eigenvalue weighted by molar-refractivity contribution is -0.384. The lowest BCUT2D eigenvalue weighted by Gasteiger charge is -2.37. The molecule has 9 heteroatoms. The van der Waals surface area contributed by atoms with Crippen molar-refractivity contribution in [1.82, 2.24) is 10.3 Å². The number of amides is 1. The van der Waals surface area contributed by atoms with Crippen LogP contribution >= 0.6 is 0 Å². The first kappa shape index (κ1) is 34.3. The summed E-state index contributed by atoms with van der Waals surface area (Å²) in [5, 5.41) is 19.9. The van der Waals surface area contributed by atoms with Crippen LogP contribution in [0.1, 0.15) is 68.2 Å². The molecule has 4 aromatic rings. The van der Waals surface area contributed by atoms with Gasteiger partial charge in [-0.15, -0.1) is 0 Å². The largest absolute Gasteiger partial charge is 0.426 e. The van der Waals surface area contributed by atoms with Crippen LogP contribution in [0.4, 0.5) is 11.4 Å². The van der Waals surface area contributed by atoms with Crippen molar-refractivity contribution >= 4 is 45.1 Å². The first-order chi connectivity index (χ1) is 21.4. The number of hydrogen-bond acceptors (Lipinski definition) is 7. The predicted molar refractivity (Wildman–Crippen MR) is 184 cm³/mol. The minimum absolute atomic E-state index is 0.0419. The van der Waals surface area contributed by atoms with Crippen molar-refractivity contribution < 1.29 is 19.2 Å². The smallest absolute Gasteiger partial charge is 0.316 e. The van der Waals surface area contributed by atoms with Gasteiger partial charge in [-0.2, -0.15) is 0 Å². The fraction of sp³-hybridized carbons (Fsp3) is 0.432. The normalized spacial score (nSPS) is 12.6. The van der Waals surface area contributed by atoms with Crippen molar-refractivity contribution in [3.05, 3.63) is 82.9 Å². The third-order valence-electron chi connectivity index (χ3n) is 8.33. The zero-order valence-electron chi connectivity index (χ0n) is 28.2. The number of pyridine rings is 1. The number of carbonyl (C=O) groups is 2. The summed E-state index contributed by atoms with van der Waals surface area (Å²) in [6, 6.07) is 21.7. The van der Waals surface area contributed by atoms with E-state index in [0.29, 0.717) is 25.9 Å². The molecule has 0 saturated carbocycles. The maximum atomic E-state index is 13.5. The van der Waals surface area contributed by atoms with Crippen LogP contribution in [0.15, 0.2) is 72.8 Å². The zero-order chi connectivity index (χ0) is 33.9. The Bertz CT molecular complexity index is 1690. The minimum Gasteiger partial charge on any atom is -0.426 e. The van der Waals surface area contributed by atoms with Crippen LogP contribution in [-0.4, -0.2) is 34.9 Å². The predicted octanol–water partition coefficient (Wildman–Crippen LogP) is 8.31. The first-order valence-electron chi connectivity index (χ1n) is 15.7. The summed E-state index contributed by atoms with van der Waals surface area (Å²) in [4.78, 5) is 41.8. The lowest BCUT2D eigenvalue weighted by Crippen LogP contribution is -2.45. The monoisotopic (exact) mass is 626 g/mol. The minimum atomic E-state index is -0.861. The van der Waals surface area contributed by atoms with Gasteiger partial charge in [-0.1, -0.05) is 77.9 Å². The molecule has 0 aliphatic heterocycles. The third-order valence-corrected chi connectivity index (χ3v) is 8.33. The zero-order valence-corrected chi connectivity index (χ0v) is 28.2. The number of hydrogen-bond donors (Lipinski definition) is 2. The molecule has 0 aliphatic rings. The van der Waals surface area contributed by atoms with Gasteiger partial charge in [0, 0.05) is 41.4 Å². The standard InChI is InChI=1S/C37H46N4O5/c1-34(2,23-38-31-27-13-9-11-15-29(27)40-30-16-12-10-14-28(30)31)21-36(5,6)32(42)39-24-35(3,4)22-37(7,8)33(43)46-26-19-17-25(18-20-26)41(44)45/h9-20H,21-24H2,1-8H3,(H,38,40)(H,39,42). The number of esters is 1. The molecular formula is C37H46N4O5. The van der Waals surface area contributed by atoms with E-state index < -0.39 is 27.1 Å². The summed E-state index contributed by atoms with van der Waals surface area (Å²) >= 11 is 0. The molecule has 0 radical (unpaired) electrons. The number of nitro benzene ring substituents is 1. The summed E-state index contributed by atoms with van der Waals surface area (Å²) in [6.45, 7) is 17.0. The number of rotatable bonds is 13. The SMILES string of the molecule is CC(C)(CNc1c2ccccc2nc2ccccc12)CC(C)(C)C(=O)NCC(C)(C)CC(C)(C)C(=O)Oc1ccc([N+](=O)[O-])cc1. The number of benzene rings is 3. The maximum Gasteiger partial charge on any atom is 0.316 e. The van der Waals surface area contributed by atoms with E-state index in [-0.39, 0.29) is 22.8 Å². The van der Waals surface area contributed by atoms with E-state index in [9.17, 15) is 19.7 Å². The van der Waals surface area contributed by atoms with Gasteiger partial charge in [-0.3, -0.25) is 19.7 Å². The Morgan fingerprint density at radius 1 is 0.739 bits per heavy atom. The molecule has 0 aliphatic carbocycles. The molecular weight excluding hydrogens is 580 g/mol. The summed E-state index contributed by atoms with van der Waals surface area (Å²) in [5.41, 5.74) is 0.713. The summed E-state index contributed by atoms with van der Waals surface area (Å²) in [6.07, 6.45) is 1.10. The van der Waals surface area contributed by atoms with Gasteiger partial charge in [-0.05, 0) is 61.8 Å². The molecule has 3 aromatic carbocycles. The van der Waals surface area contributed by atoms with Gasteiger partial charge in [-0.25, -0.2) is 4.98 Å². The maximum absolute atomic E-state index is 13.5. The van der Waals surface area contributed by atoms with Crippen molar-refractivity contribution in [2.75, 3.05) is 18.4 Å². The number of nitro groups is 1. The quantitative estimate of drug-likeness (QED) is 0.0503. The molecule has 0 bridgehead atoms. The molecule has 1 heterocycles. The number of fused-ring (bicyclic) bond motifs is 2. The van der Waals surface area contributed by atoms with Crippen LogP contribution in [0.25, 0.3) is 21.8 Å². The van der Waals surface area contributed by atoms with Crippen LogP contribution in [0.2, 0.25) is 0 Å². The number of anilines is 1. The Hall–Kier alpha value is -4.53. The van der Waals surface area contributed by atoms with Crippen LogP contribution < -0.4 is 15.4 Å². The topological polar surface area (TPSA) is 123 Å². The van der Waals surface area contributed by atoms with Crippen molar-refractivity contribution in [2.24, 2.45) is 21.7 Å². The van der Waals surface area contributed by atoms with Gasteiger partial charge < -0.3 is 15.4 Å². The number of carbonyl (C=O) groups excluding carboxylic acids is 2. The lowest BCUT2D eigenvalue weighted by atomic mass is 9.73. The summed E-state index contributed by atoms with van der Waals surface area (Å²) in [7, 11) is 0. The van der Waals surface area contributed by atoms with E-state index in [4.69, 9.17) is 9.72 Å². The van der Waals surface area contributed by atoms with Crippen LogP contribution in [0, 0.1) is 31.8 Å². The second kappa shape index (κ2) is 13.1. The molecule has 1 aromatic heterocycles. The van der Waals surface area contributed by atoms with E-state index in [1.54, 1.807) is 13.8 Å². The molecule has 244 valence electrons. The highest BCUT2D eigenvalue weighted by Gasteiger charge is 2.39.